The van der Waals surface area contributed by atoms with Gasteiger partial charge in [-0.15, -0.1) is 0 Å². The Morgan fingerprint density at radius 2 is 2.20 bits per heavy atom. The predicted octanol–water partition coefficient (Wildman–Crippen LogP) is 1.06. The maximum Gasteiger partial charge on any atom is 0.0828 e. The molecule has 1 aliphatic heterocycles. The molecule has 0 unspecified atom stereocenters. The summed E-state index contributed by atoms with van der Waals surface area (Å²) in [5.41, 5.74) is 1.28. The number of ether oxygens (including phenoxy) is 1. The second kappa shape index (κ2) is 6.58. The molecule has 15 heavy (non-hydrogen) atoms. The molecule has 0 aliphatic carbocycles. The van der Waals surface area contributed by atoms with Crippen molar-refractivity contribution in [3.63, 3.8) is 0 Å². The average Bonchev–Trinajstić information content (AvgIpc) is 2.29. The first-order valence-electron chi connectivity index (χ1n) is 5.49. The van der Waals surface area contributed by atoms with Gasteiger partial charge in [0.25, 0.3) is 0 Å². The van der Waals surface area contributed by atoms with Gasteiger partial charge in [0.1, 0.15) is 0 Å². The van der Waals surface area contributed by atoms with Gasteiger partial charge >= 0.3 is 0 Å². The molecule has 0 spiro atoms. The van der Waals surface area contributed by atoms with E-state index in [2.05, 4.69) is 5.32 Å². The van der Waals surface area contributed by atoms with E-state index in [-0.39, 0.29) is 6.61 Å². The largest absolute Gasteiger partial charge is 0.390 e. The van der Waals surface area contributed by atoms with E-state index >= 15 is 0 Å². The van der Waals surface area contributed by atoms with Gasteiger partial charge in [-0.1, -0.05) is 6.92 Å². The lowest BCUT2D eigenvalue weighted by molar-refractivity contribution is 0.0795. The topological polar surface area (TPSA) is 65.3 Å². The first-order valence-corrected chi connectivity index (χ1v) is 5.49. The number of rotatable bonds is 5. The van der Waals surface area contributed by atoms with Crippen molar-refractivity contribution in [1.82, 2.24) is 5.32 Å². The quantitative estimate of drug-likeness (QED) is 0.597. The molecule has 0 amide bonds. The Balaban J connectivity index is 2.44. The second-order valence-corrected chi connectivity index (χ2v) is 3.74. The van der Waals surface area contributed by atoms with E-state index in [0.717, 1.165) is 31.8 Å². The van der Waals surface area contributed by atoms with Crippen LogP contribution in [0.4, 0.5) is 0 Å². The molecular formula is C11H20N2O2. The van der Waals surface area contributed by atoms with Crippen molar-refractivity contribution < 1.29 is 9.84 Å². The zero-order chi connectivity index (χ0) is 11.1. The molecule has 0 aromatic heterocycles. The summed E-state index contributed by atoms with van der Waals surface area (Å²) in [7, 11) is 0. The highest BCUT2D eigenvalue weighted by atomic mass is 16.5. The van der Waals surface area contributed by atoms with Crippen LogP contribution >= 0.6 is 0 Å². The van der Waals surface area contributed by atoms with E-state index in [1.165, 1.54) is 0 Å². The Hall–Kier alpha value is -0.870. The Bertz CT molecular complexity index is 233. The molecule has 1 saturated heterocycles. The number of allylic oxidation sites excluding steroid dienone is 1. The van der Waals surface area contributed by atoms with Gasteiger partial charge < -0.3 is 20.6 Å². The highest BCUT2D eigenvalue weighted by Crippen LogP contribution is 2.08. The van der Waals surface area contributed by atoms with E-state index in [9.17, 15) is 0 Å². The Labute approximate surface area is 90.8 Å². The smallest absolute Gasteiger partial charge is 0.0828 e. The second-order valence-electron chi connectivity index (χ2n) is 3.74. The summed E-state index contributed by atoms with van der Waals surface area (Å²) >= 11 is 0. The maximum atomic E-state index is 9.14. The zero-order valence-electron chi connectivity index (χ0n) is 9.25. The molecule has 1 heterocycles. The van der Waals surface area contributed by atoms with Crippen molar-refractivity contribution in [2.75, 3.05) is 19.8 Å². The van der Waals surface area contributed by atoms with Crippen LogP contribution in [0.5, 0.6) is 0 Å². The third-order valence-electron chi connectivity index (χ3n) is 2.51. The SMILES string of the molecule is CCC(=N)/C=C(/CO)NC1CCOCC1. The molecule has 0 atom stereocenters. The van der Waals surface area contributed by atoms with Crippen LogP contribution in [-0.2, 0) is 4.74 Å². The lowest BCUT2D eigenvalue weighted by atomic mass is 10.1. The molecular weight excluding hydrogens is 192 g/mol. The Morgan fingerprint density at radius 3 is 2.73 bits per heavy atom. The van der Waals surface area contributed by atoms with Gasteiger partial charge in [0.15, 0.2) is 0 Å². The van der Waals surface area contributed by atoms with Crippen molar-refractivity contribution in [1.29, 1.82) is 5.41 Å². The summed E-state index contributed by atoms with van der Waals surface area (Å²) in [6, 6.07) is 0.377. The molecule has 86 valence electrons. The van der Waals surface area contributed by atoms with Crippen LogP contribution in [0.2, 0.25) is 0 Å². The molecule has 1 fully saturated rings. The van der Waals surface area contributed by atoms with Crippen molar-refractivity contribution in [3.8, 4) is 0 Å². The summed E-state index contributed by atoms with van der Waals surface area (Å²) in [6.45, 7) is 3.46. The van der Waals surface area contributed by atoms with E-state index in [1.807, 2.05) is 6.92 Å². The van der Waals surface area contributed by atoms with E-state index < -0.39 is 0 Å². The third kappa shape index (κ3) is 4.44. The summed E-state index contributed by atoms with van der Waals surface area (Å²) in [4.78, 5) is 0. The first kappa shape index (κ1) is 12.2. The minimum atomic E-state index is -0.0280. The van der Waals surface area contributed by atoms with Gasteiger partial charge in [0.05, 0.1) is 6.61 Å². The van der Waals surface area contributed by atoms with Gasteiger partial charge in [0.2, 0.25) is 0 Å². The maximum absolute atomic E-state index is 9.14. The van der Waals surface area contributed by atoms with Crippen LogP contribution in [-0.4, -0.2) is 36.7 Å². The fraction of sp³-hybridized carbons (Fsp3) is 0.727. The van der Waals surface area contributed by atoms with Crippen molar-refractivity contribution in [2.24, 2.45) is 0 Å². The van der Waals surface area contributed by atoms with Gasteiger partial charge in [-0.05, 0) is 25.3 Å². The molecule has 4 nitrogen and oxygen atoms in total. The van der Waals surface area contributed by atoms with Crippen LogP contribution in [0, 0.1) is 5.41 Å². The number of aliphatic hydroxyl groups excluding tert-OH is 1. The third-order valence-corrected chi connectivity index (χ3v) is 2.51. The standard InChI is InChI=1S/C11H20N2O2/c1-2-9(12)7-11(8-14)13-10-3-5-15-6-4-10/h7,10,12-14H,2-6,8H2,1H3/b11-7-,12-9?. The summed E-state index contributed by atoms with van der Waals surface area (Å²) in [6.07, 6.45) is 4.35. The minimum absolute atomic E-state index is 0.0280. The van der Waals surface area contributed by atoms with Gasteiger partial charge in [-0.3, -0.25) is 0 Å². The normalized spacial score (nSPS) is 18.9. The van der Waals surface area contributed by atoms with E-state index in [4.69, 9.17) is 15.3 Å². The predicted molar refractivity (Wildman–Crippen MR) is 60.2 cm³/mol. The molecule has 1 rings (SSSR count). The molecule has 0 aromatic carbocycles. The summed E-state index contributed by atoms with van der Waals surface area (Å²) in [5.74, 6) is 0. The molecule has 0 bridgehead atoms. The number of hydrogen-bond acceptors (Lipinski definition) is 4. The van der Waals surface area contributed by atoms with Crippen LogP contribution < -0.4 is 5.32 Å². The van der Waals surface area contributed by atoms with Crippen LogP contribution in [0.3, 0.4) is 0 Å². The van der Waals surface area contributed by atoms with E-state index in [1.54, 1.807) is 6.08 Å². The van der Waals surface area contributed by atoms with Crippen molar-refractivity contribution in [2.45, 2.75) is 32.2 Å². The fourth-order valence-electron chi connectivity index (χ4n) is 1.55. The van der Waals surface area contributed by atoms with Crippen LogP contribution in [0.15, 0.2) is 11.8 Å². The lowest BCUT2D eigenvalue weighted by Gasteiger charge is -2.25. The summed E-state index contributed by atoms with van der Waals surface area (Å²) in [5, 5.41) is 19.9. The van der Waals surface area contributed by atoms with E-state index in [0.29, 0.717) is 18.2 Å². The van der Waals surface area contributed by atoms with Gasteiger partial charge in [-0.2, -0.15) is 0 Å². The lowest BCUT2D eigenvalue weighted by Crippen LogP contribution is -2.35. The number of nitrogens with one attached hydrogen (secondary N) is 2. The minimum Gasteiger partial charge on any atom is -0.390 e. The number of aliphatic hydroxyl groups is 1. The molecule has 0 aromatic rings. The first-order chi connectivity index (χ1) is 7.26. The zero-order valence-corrected chi connectivity index (χ0v) is 9.25. The molecule has 0 saturated carbocycles. The molecule has 3 N–H and O–H groups in total. The van der Waals surface area contributed by atoms with Gasteiger partial charge in [0, 0.05) is 30.7 Å². The average molecular weight is 212 g/mol. The number of hydrogen-bond donors (Lipinski definition) is 3. The fourth-order valence-corrected chi connectivity index (χ4v) is 1.55. The van der Waals surface area contributed by atoms with Gasteiger partial charge in [-0.25, -0.2) is 0 Å². The Kier molecular flexibility index (Phi) is 5.36. The summed E-state index contributed by atoms with van der Waals surface area (Å²) < 4.78 is 5.25. The van der Waals surface area contributed by atoms with Crippen LogP contribution in [0.1, 0.15) is 26.2 Å². The highest BCUT2D eigenvalue weighted by Gasteiger charge is 2.13. The molecule has 0 radical (unpaired) electrons. The molecule has 1 aliphatic rings. The van der Waals surface area contributed by atoms with Crippen molar-refractivity contribution in [3.05, 3.63) is 11.8 Å². The Morgan fingerprint density at radius 1 is 1.53 bits per heavy atom. The highest BCUT2D eigenvalue weighted by molar-refractivity contribution is 5.92. The van der Waals surface area contributed by atoms with Crippen LogP contribution in [0.25, 0.3) is 0 Å². The monoisotopic (exact) mass is 212 g/mol. The van der Waals surface area contributed by atoms with Crippen molar-refractivity contribution >= 4 is 5.71 Å². The molecule has 4 heteroatoms.